The molecule has 1 aromatic carbocycles. The second kappa shape index (κ2) is 3.38. The molecule has 0 aliphatic carbocycles. The van der Waals surface area contributed by atoms with Crippen molar-refractivity contribution >= 4 is 5.69 Å². The van der Waals surface area contributed by atoms with Gasteiger partial charge in [0.25, 0.3) is 0 Å². The van der Waals surface area contributed by atoms with Gasteiger partial charge in [-0.3, -0.25) is 0 Å². The van der Waals surface area contributed by atoms with E-state index in [1.807, 2.05) is 24.6 Å². The van der Waals surface area contributed by atoms with Crippen LogP contribution in [0.5, 0.6) is 0 Å². The maximum absolute atomic E-state index is 13.0. The minimum atomic E-state index is -0.395. The Labute approximate surface area is 87.4 Å². The molecule has 15 heavy (non-hydrogen) atoms. The molecule has 2 N–H and O–H groups in total. The second-order valence-corrected chi connectivity index (χ2v) is 3.51. The number of nitrogen functional groups attached to an aromatic ring is 1. The van der Waals surface area contributed by atoms with Gasteiger partial charge in [-0.15, -0.1) is 0 Å². The first kappa shape index (κ1) is 9.71. The van der Waals surface area contributed by atoms with Crippen molar-refractivity contribution in [2.75, 3.05) is 5.73 Å². The molecule has 3 nitrogen and oxygen atoms in total. The summed E-state index contributed by atoms with van der Waals surface area (Å²) in [6.07, 6.45) is 1.89. The van der Waals surface area contributed by atoms with Crippen molar-refractivity contribution in [1.82, 2.24) is 9.55 Å². The molecule has 0 atom stereocenters. The van der Waals surface area contributed by atoms with Crippen molar-refractivity contribution in [2.45, 2.75) is 13.8 Å². The number of benzene rings is 1. The average Bonchev–Trinajstić information content (AvgIpc) is 2.50. The van der Waals surface area contributed by atoms with Crippen LogP contribution in [0.3, 0.4) is 0 Å². The number of hydrogen-bond donors (Lipinski definition) is 1. The Morgan fingerprint density at radius 1 is 1.33 bits per heavy atom. The van der Waals surface area contributed by atoms with E-state index in [1.54, 1.807) is 12.1 Å². The number of anilines is 1. The van der Waals surface area contributed by atoms with Crippen LogP contribution in [0, 0.1) is 19.7 Å². The molecule has 0 aliphatic heterocycles. The smallest absolute Gasteiger partial charge is 0.146 e. The number of nitrogens with zero attached hydrogens (tertiary/aromatic N) is 2. The van der Waals surface area contributed by atoms with Crippen LogP contribution >= 0.6 is 0 Å². The minimum absolute atomic E-state index is 0.151. The van der Waals surface area contributed by atoms with Crippen molar-refractivity contribution < 1.29 is 4.39 Å². The molecule has 1 aromatic heterocycles. The van der Waals surface area contributed by atoms with Crippen molar-refractivity contribution in [3.63, 3.8) is 0 Å². The van der Waals surface area contributed by atoms with Gasteiger partial charge in [0.2, 0.25) is 0 Å². The van der Waals surface area contributed by atoms with Crippen LogP contribution in [0.25, 0.3) is 5.69 Å². The quantitative estimate of drug-likeness (QED) is 0.725. The number of imidazole rings is 1. The van der Waals surface area contributed by atoms with Gasteiger partial charge in [0, 0.05) is 11.9 Å². The fourth-order valence-electron chi connectivity index (χ4n) is 1.56. The standard InChI is InChI=1S/C11H12FN3/c1-7-6-15(8(2)14-7)9-3-4-10(12)11(13)5-9/h3-6H,13H2,1-2H3. The van der Waals surface area contributed by atoms with Gasteiger partial charge in [-0.1, -0.05) is 0 Å². The summed E-state index contributed by atoms with van der Waals surface area (Å²) >= 11 is 0. The fraction of sp³-hybridized carbons (Fsp3) is 0.182. The molecule has 0 unspecified atom stereocenters. The molecule has 2 rings (SSSR count). The average molecular weight is 205 g/mol. The summed E-state index contributed by atoms with van der Waals surface area (Å²) < 4.78 is 14.9. The number of aryl methyl sites for hydroxylation is 2. The molecule has 0 aliphatic rings. The van der Waals surface area contributed by atoms with Crippen LogP contribution in [-0.4, -0.2) is 9.55 Å². The molecular weight excluding hydrogens is 193 g/mol. The summed E-state index contributed by atoms with van der Waals surface area (Å²) in [5, 5.41) is 0. The third-order valence-electron chi connectivity index (χ3n) is 2.26. The number of aromatic nitrogens is 2. The van der Waals surface area contributed by atoms with Gasteiger partial charge >= 0.3 is 0 Å². The Hall–Kier alpha value is -1.84. The Bertz CT molecular complexity index is 503. The zero-order chi connectivity index (χ0) is 11.0. The van der Waals surface area contributed by atoms with E-state index in [4.69, 9.17) is 5.73 Å². The van der Waals surface area contributed by atoms with E-state index in [9.17, 15) is 4.39 Å². The van der Waals surface area contributed by atoms with Crippen molar-refractivity contribution in [2.24, 2.45) is 0 Å². The molecular formula is C11H12FN3. The molecule has 1 heterocycles. The first-order chi connectivity index (χ1) is 7.08. The van der Waals surface area contributed by atoms with Gasteiger partial charge in [-0.05, 0) is 32.0 Å². The van der Waals surface area contributed by atoms with Gasteiger partial charge in [0.1, 0.15) is 11.6 Å². The lowest BCUT2D eigenvalue weighted by Crippen LogP contribution is -1.98. The van der Waals surface area contributed by atoms with E-state index in [1.165, 1.54) is 6.07 Å². The second-order valence-electron chi connectivity index (χ2n) is 3.51. The van der Waals surface area contributed by atoms with Gasteiger partial charge in [-0.2, -0.15) is 0 Å². The van der Waals surface area contributed by atoms with Gasteiger partial charge in [-0.25, -0.2) is 9.37 Å². The predicted octanol–water partition coefficient (Wildman–Crippen LogP) is 2.21. The lowest BCUT2D eigenvalue weighted by Gasteiger charge is -2.05. The van der Waals surface area contributed by atoms with Crippen LogP contribution in [0.4, 0.5) is 10.1 Å². The molecule has 0 fully saturated rings. The van der Waals surface area contributed by atoms with Crippen LogP contribution in [0.1, 0.15) is 11.5 Å². The van der Waals surface area contributed by atoms with E-state index < -0.39 is 5.82 Å². The van der Waals surface area contributed by atoms with Gasteiger partial charge < -0.3 is 10.3 Å². The molecule has 2 aromatic rings. The maximum Gasteiger partial charge on any atom is 0.146 e. The van der Waals surface area contributed by atoms with Crippen molar-refractivity contribution in [1.29, 1.82) is 0 Å². The zero-order valence-electron chi connectivity index (χ0n) is 8.66. The molecule has 0 saturated carbocycles. The van der Waals surface area contributed by atoms with E-state index >= 15 is 0 Å². The lowest BCUT2D eigenvalue weighted by atomic mass is 10.2. The Morgan fingerprint density at radius 2 is 2.07 bits per heavy atom. The third-order valence-corrected chi connectivity index (χ3v) is 2.26. The van der Waals surface area contributed by atoms with E-state index in [0.29, 0.717) is 0 Å². The first-order valence-electron chi connectivity index (χ1n) is 4.66. The maximum atomic E-state index is 13.0. The summed E-state index contributed by atoms with van der Waals surface area (Å²) in [6, 6.07) is 4.64. The first-order valence-corrected chi connectivity index (χ1v) is 4.66. The predicted molar refractivity (Wildman–Crippen MR) is 57.4 cm³/mol. The largest absolute Gasteiger partial charge is 0.396 e. The molecule has 0 radical (unpaired) electrons. The fourth-order valence-corrected chi connectivity index (χ4v) is 1.56. The molecule has 0 saturated heterocycles. The zero-order valence-corrected chi connectivity index (χ0v) is 8.66. The molecule has 4 heteroatoms. The Kier molecular flexibility index (Phi) is 2.19. The third kappa shape index (κ3) is 1.70. The van der Waals surface area contributed by atoms with Crippen LogP contribution in [-0.2, 0) is 0 Å². The monoisotopic (exact) mass is 205 g/mol. The van der Waals surface area contributed by atoms with E-state index in [2.05, 4.69) is 4.98 Å². The number of halogens is 1. The summed E-state index contributed by atoms with van der Waals surface area (Å²) in [5.41, 5.74) is 7.41. The van der Waals surface area contributed by atoms with E-state index in [-0.39, 0.29) is 5.69 Å². The van der Waals surface area contributed by atoms with Crippen LogP contribution < -0.4 is 5.73 Å². The highest BCUT2D eigenvalue weighted by atomic mass is 19.1. The number of hydrogen-bond acceptors (Lipinski definition) is 2. The highest BCUT2D eigenvalue weighted by molar-refractivity contribution is 5.49. The Balaban J connectivity index is 2.54. The Morgan fingerprint density at radius 3 is 2.60 bits per heavy atom. The minimum Gasteiger partial charge on any atom is -0.396 e. The van der Waals surface area contributed by atoms with Crippen LogP contribution in [0.2, 0.25) is 0 Å². The van der Waals surface area contributed by atoms with Crippen molar-refractivity contribution in [3.8, 4) is 5.69 Å². The summed E-state index contributed by atoms with van der Waals surface area (Å²) in [6.45, 7) is 3.81. The molecule has 0 bridgehead atoms. The molecule has 0 amide bonds. The summed E-state index contributed by atoms with van der Waals surface area (Å²) in [5.74, 6) is 0.465. The number of rotatable bonds is 1. The SMILES string of the molecule is Cc1cn(-c2ccc(F)c(N)c2)c(C)n1. The molecule has 78 valence electrons. The topological polar surface area (TPSA) is 43.8 Å². The van der Waals surface area contributed by atoms with Crippen molar-refractivity contribution in [3.05, 3.63) is 41.7 Å². The summed E-state index contributed by atoms with van der Waals surface area (Å²) in [7, 11) is 0. The highest BCUT2D eigenvalue weighted by Crippen LogP contribution is 2.17. The normalized spacial score (nSPS) is 10.6. The van der Waals surface area contributed by atoms with Crippen LogP contribution in [0.15, 0.2) is 24.4 Å². The lowest BCUT2D eigenvalue weighted by molar-refractivity contribution is 0.632. The van der Waals surface area contributed by atoms with E-state index in [0.717, 1.165) is 17.2 Å². The number of nitrogens with two attached hydrogens (primary N) is 1. The van der Waals surface area contributed by atoms with Gasteiger partial charge in [0.05, 0.1) is 11.4 Å². The molecule has 0 spiro atoms. The highest BCUT2D eigenvalue weighted by Gasteiger charge is 2.05. The summed E-state index contributed by atoms with van der Waals surface area (Å²) in [4.78, 5) is 4.27. The van der Waals surface area contributed by atoms with Gasteiger partial charge in [0.15, 0.2) is 0 Å².